The van der Waals surface area contributed by atoms with Gasteiger partial charge < -0.3 is 9.55 Å². The minimum atomic E-state index is 1.18. The van der Waals surface area contributed by atoms with Crippen LogP contribution in [0.15, 0.2) is 97.1 Å². The van der Waals surface area contributed by atoms with E-state index in [1.165, 1.54) is 65.5 Å². The summed E-state index contributed by atoms with van der Waals surface area (Å²) in [5.41, 5.74) is 7.39. The van der Waals surface area contributed by atoms with Crippen LogP contribution in [0.5, 0.6) is 0 Å². The highest BCUT2D eigenvalue weighted by atomic mass is 14.9. The van der Waals surface area contributed by atoms with Crippen molar-refractivity contribution < 1.29 is 0 Å². The number of aryl methyl sites for hydroxylation is 1. The van der Waals surface area contributed by atoms with Crippen LogP contribution in [-0.2, 0) is 7.05 Å². The van der Waals surface area contributed by atoms with E-state index in [-0.39, 0.29) is 0 Å². The number of hydrogen-bond donors (Lipinski definition) is 1. The Morgan fingerprint density at radius 1 is 0.516 bits per heavy atom. The van der Waals surface area contributed by atoms with Gasteiger partial charge in [0.25, 0.3) is 0 Å². The average Bonchev–Trinajstić information content (AvgIpc) is 3.31. The summed E-state index contributed by atoms with van der Waals surface area (Å²) in [6.07, 6.45) is 0. The molecule has 0 saturated heterocycles. The van der Waals surface area contributed by atoms with Crippen LogP contribution in [0.3, 0.4) is 0 Å². The van der Waals surface area contributed by atoms with E-state index >= 15 is 0 Å². The fourth-order valence-corrected chi connectivity index (χ4v) is 5.12. The number of para-hydroxylation sites is 1. The molecule has 0 fully saturated rings. The predicted molar refractivity (Wildman–Crippen MR) is 133 cm³/mol. The number of aromatic amines is 1. The van der Waals surface area contributed by atoms with E-state index in [4.69, 9.17) is 0 Å². The van der Waals surface area contributed by atoms with Gasteiger partial charge in [0.1, 0.15) is 0 Å². The van der Waals surface area contributed by atoms with Crippen LogP contribution in [-0.4, -0.2) is 9.55 Å². The highest BCUT2D eigenvalue weighted by Gasteiger charge is 2.11. The molecule has 7 rings (SSSR count). The Hall–Kier alpha value is -4.04. The molecule has 0 saturated carbocycles. The molecule has 0 aliphatic heterocycles. The molecule has 0 atom stereocenters. The molecule has 146 valence electrons. The third kappa shape index (κ3) is 2.33. The van der Waals surface area contributed by atoms with Crippen molar-refractivity contribution in [2.45, 2.75) is 0 Å². The molecule has 0 spiro atoms. The molecular weight excluding hydrogens is 376 g/mol. The lowest BCUT2D eigenvalue weighted by Crippen LogP contribution is -1.86. The first-order valence-corrected chi connectivity index (χ1v) is 10.7. The Bertz CT molecular complexity index is 1800. The smallest absolute Gasteiger partial charge is 0.0489 e. The van der Waals surface area contributed by atoms with Gasteiger partial charge in [-0.3, -0.25) is 0 Å². The molecular formula is C29H20N2. The van der Waals surface area contributed by atoms with Crippen molar-refractivity contribution in [1.29, 1.82) is 0 Å². The van der Waals surface area contributed by atoms with Crippen LogP contribution in [0, 0.1) is 0 Å². The van der Waals surface area contributed by atoms with Crippen molar-refractivity contribution in [1.82, 2.24) is 9.55 Å². The van der Waals surface area contributed by atoms with Gasteiger partial charge in [-0.15, -0.1) is 0 Å². The molecule has 2 heteroatoms. The predicted octanol–water partition coefficient (Wildman–Crippen LogP) is 7.79. The van der Waals surface area contributed by atoms with E-state index in [0.717, 1.165) is 0 Å². The lowest BCUT2D eigenvalue weighted by molar-refractivity contribution is 1.01. The highest BCUT2D eigenvalue weighted by Crippen LogP contribution is 2.35. The molecule has 0 radical (unpaired) electrons. The van der Waals surface area contributed by atoms with E-state index in [9.17, 15) is 0 Å². The zero-order chi connectivity index (χ0) is 20.5. The second-order valence-corrected chi connectivity index (χ2v) is 8.44. The van der Waals surface area contributed by atoms with Gasteiger partial charge >= 0.3 is 0 Å². The Morgan fingerprint density at radius 2 is 1.19 bits per heavy atom. The van der Waals surface area contributed by atoms with Crippen LogP contribution in [0.2, 0.25) is 0 Å². The first-order chi connectivity index (χ1) is 15.3. The largest absolute Gasteiger partial charge is 0.354 e. The highest BCUT2D eigenvalue weighted by molar-refractivity contribution is 6.13. The second kappa shape index (κ2) is 5.99. The molecule has 0 aliphatic carbocycles. The molecule has 2 aromatic heterocycles. The second-order valence-electron chi connectivity index (χ2n) is 8.44. The lowest BCUT2D eigenvalue weighted by atomic mass is 10.0. The van der Waals surface area contributed by atoms with Crippen molar-refractivity contribution >= 4 is 54.4 Å². The third-order valence-electron chi connectivity index (χ3n) is 6.71. The molecule has 7 aromatic rings. The maximum absolute atomic E-state index is 3.65. The Kier molecular flexibility index (Phi) is 3.23. The van der Waals surface area contributed by atoms with E-state index in [1.54, 1.807) is 0 Å². The van der Waals surface area contributed by atoms with Gasteiger partial charge in [-0.2, -0.15) is 0 Å². The van der Waals surface area contributed by atoms with Crippen LogP contribution in [0.4, 0.5) is 0 Å². The summed E-state index contributed by atoms with van der Waals surface area (Å²) < 4.78 is 2.28. The average molecular weight is 396 g/mol. The number of rotatable bonds is 1. The number of H-pyrrole nitrogens is 1. The Balaban J connectivity index is 1.45. The summed E-state index contributed by atoms with van der Waals surface area (Å²) in [6, 6.07) is 35.3. The number of nitrogens with one attached hydrogen (secondary N) is 1. The normalized spacial score (nSPS) is 12.0. The minimum absolute atomic E-state index is 1.18. The molecule has 0 bridgehead atoms. The van der Waals surface area contributed by atoms with Gasteiger partial charge in [-0.25, -0.2) is 0 Å². The summed E-state index contributed by atoms with van der Waals surface area (Å²) in [5.74, 6) is 0. The maximum Gasteiger partial charge on any atom is 0.0489 e. The minimum Gasteiger partial charge on any atom is -0.354 e. The van der Waals surface area contributed by atoms with Crippen molar-refractivity contribution in [2.75, 3.05) is 0 Å². The number of benzene rings is 5. The van der Waals surface area contributed by atoms with E-state index in [1.807, 2.05) is 0 Å². The van der Waals surface area contributed by atoms with Gasteiger partial charge in [-0.05, 0) is 58.3 Å². The molecule has 0 aliphatic rings. The van der Waals surface area contributed by atoms with Gasteiger partial charge in [0.05, 0.1) is 0 Å². The summed E-state index contributed by atoms with van der Waals surface area (Å²) in [4.78, 5) is 3.65. The number of aromatic nitrogens is 2. The standard InChI is InChI=1S/C29H20N2/c1-31-28-9-5-4-8-23(28)25-15-20(11-13-29(25)31)21-10-12-22-24-14-18-6-2-3-7-19(18)16-27(24)30-26(22)17-21/h2-17,30H,1H3. The van der Waals surface area contributed by atoms with Gasteiger partial charge in [0.2, 0.25) is 0 Å². The molecule has 5 aromatic carbocycles. The molecule has 2 heterocycles. The van der Waals surface area contributed by atoms with E-state index in [2.05, 4.69) is 114 Å². The Labute approximate surface area is 179 Å². The van der Waals surface area contributed by atoms with Crippen LogP contribution >= 0.6 is 0 Å². The van der Waals surface area contributed by atoms with Crippen LogP contribution in [0.25, 0.3) is 65.5 Å². The fourth-order valence-electron chi connectivity index (χ4n) is 5.12. The van der Waals surface area contributed by atoms with Crippen LogP contribution < -0.4 is 0 Å². The van der Waals surface area contributed by atoms with E-state index < -0.39 is 0 Å². The van der Waals surface area contributed by atoms with Crippen molar-refractivity contribution in [3.05, 3.63) is 97.1 Å². The Morgan fingerprint density at radius 3 is 2.10 bits per heavy atom. The molecule has 0 unspecified atom stereocenters. The molecule has 0 amide bonds. The third-order valence-corrected chi connectivity index (χ3v) is 6.71. The summed E-state index contributed by atoms with van der Waals surface area (Å²) in [5, 5.41) is 7.71. The van der Waals surface area contributed by atoms with Crippen molar-refractivity contribution in [3.63, 3.8) is 0 Å². The number of hydrogen-bond acceptors (Lipinski definition) is 0. The van der Waals surface area contributed by atoms with Crippen LogP contribution in [0.1, 0.15) is 0 Å². The lowest BCUT2D eigenvalue weighted by Gasteiger charge is -2.04. The molecule has 1 N–H and O–H groups in total. The fraction of sp³-hybridized carbons (Fsp3) is 0.0345. The van der Waals surface area contributed by atoms with E-state index in [0.29, 0.717) is 0 Å². The number of fused-ring (bicyclic) bond motifs is 7. The summed E-state index contributed by atoms with van der Waals surface area (Å²) in [6.45, 7) is 0. The quantitative estimate of drug-likeness (QED) is 0.292. The topological polar surface area (TPSA) is 20.7 Å². The van der Waals surface area contributed by atoms with Gasteiger partial charge in [0.15, 0.2) is 0 Å². The monoisotopic (exact) mass is 396 g/mol. The van der Waals surface area contributed by atoms with Gasteiger partial charge in [0, 0.05) is 50.7 Å². The van der Waals surface area contributed by atoms with Crippen molar-refractivity contribution in [3.8, 4) is 11.1 Å². The first kappa shape index (κ1) is 16.7. The summed E-state index contributed by atoms with van der Waals surface area (Å²) >= 11 is 0. The summed E-state index contributed by atoms with van der Waals surface area (Å²) in [7, 11) is 2.14. The molecule has 2 nitrogen and oxygen atoms in total. The SMILES string of the molecule is Cn1c2ccccc2c2cc(-c3ccc4c(c3)[nH]c3cc5ccccc5cc34)ccc21. The zero-order valence-corrected chi connectivity index (χ0v) is 17.2. The maximum atomic E-state index is 3.65. The first-order valence-electron chi connectivity index (χ1n) is 10.7. The van der Waals surface area contributed by atoms with Gasteiger partial charge in [-0.1, -0.05) is 60.7 Å². The van der Waals surface area contributed by atoms with Crippen molar-refractivity contribution in [2.24, 2.45) is 7.05 Å². The number of nitrogens with zero attached hydrogens (tertiary/aromatic N) is 1. The molecule has 31 heavy (non-hydrogen) atoms. The zero-order valence-electron chi connectivity index (χ0n) is 17.2.